The van der Waals surface area contributed by atoms with Crippen molar-refractivity contribution in [2.45, 2.75) is 19.4 Å². The fourth-order valence-corrected chi connectivity index (χ4v) is 4.26. The van der Waals surface area contributed by atoms with Gasteiger partial charge in [-0.25, -0.2) is 0 Å². The van der Waals surface area contributed by atoms with E-state index in [4.69, 9.17) is 26.8 Å². The standard InChI is InChI=1S/C22H23ClN4O3/c1-14-12-18-20(22(28)27(14)7-6-26-8-10-29-11-9-26)19(17(13-24)21(25)30-18)15-2-4-16(23)5-3-15/h2-5,12,19H,6-11,25H2,1H3/p+1/t19-/m0/s1. The Morgan fingerprint density at radius 2 is 2.00 bits per heavy atom. The summed E-state index contributed by atoms with van der Waals surface area (Å²) in [5, 5.41) is 10.3. The topological polar surface area (TPSA) is 94.7 Å². The lowest BCUT2D eigenvalue weighted by Crippen LogP contribution is -3.14. The average molecular weight is 428 g/mol. The van der Waals surface area contributed by atoms with Crippen LogP contribution in [0.5, 0.6) is 5.75 Å². The van der Waals surface area contributed by atoms with Crippen molar-refractivity contribution in [1.29, 1.82) is 5.26 Å². The van der Waals surface area contributed by atoms with Gasteiger partial charge in [0.05, 0.1) is 37.8 Å². The van der Waals surface area contributed by atoms with Gasteiger partial charge in [0.2, 0.25) is 5.88 Å². The van der Waals surface area contributed by atoms with Gasteiger partial charge in [0.1, 0.15) is 30.5 Å². The molecule has 156 valence electrons. The van der Waals surface area contributed by atoms with Gasteiger partial charge in [0.15, 0.2) is 0 Å². The Labute approximate surface area is 179 Å². The van der Waals surface area contributed by atoms with Gasteiger partial charge in [-0.05, 0) is 24.6 Å². The first-order valence-electron chi connectivity index (χ1n) is 9.98. The molecule has 7 nitrogen and oxygen atoms in total. The van der Waals surface area contributed by atoms with Crippen molar-refractivity contribution < 1.29 is 14.4 Å². The second-order valence-corrected chi connectivity index (χ2v) is 8.05. The number of nitrogens with two attached hydrogens (primary N) is 1. The van der Waals surface area contributed by atoms with Crippen LogP contribution in [0.2, 0.25) is 5.02 Å². The number of hydrogen-bond acceptors (Lipinski definition) is 5. The molecular weight excluding hydrogens is 404 g/mol. The van der Waals surface area contributed by atoms with E-state index in [1.807, 2.05) is 25.1 Å². The van der Waals surface area contributed by atoms with E-state index in [0.29, 0.717) is 22.9 Å². The summed E-state index contributed by atoms with van der Waals surface area (Å²) in [6, 6.07) is 11.1. The molecule has 30 heavy (non-hydrogen) atoms. The maximum atomic E-state index is 13.6. The number of aromatic nitrogens is 1. The number of morpholine rings is 1. The van der Waals surface area contributed by atoms with E-state index in [2.05, 4.69) is 6.07 Å². The number of rotatable bonds is 4. The van der Waals surface area contributed by atoms with Gasteiger partial charge < -0.3 is 24.7 Å². The van der Waals surface area contributed by atoms with Crippen LogP contribution in [0.3, 0.4) is 0 Å². The largest absolute Gasteiger partial charge is 0.440 e. The summed E-state index contributed by atoms with van der Waals surface area (Å²) in [5.74, 6) is -0.158. The second-order valence-electron chi connectivity index (χ2n) is 7.61. The molecular formula is C22H24ClN4O3+. The normalized spacial score (nSPS) is 19.2. The van der Waals surface area contributed by atoms with Crippen LogP contribution in [0.4, 0.5) is 0 Å². The van der Waals surface area contributed by atoms with Crippen LogP contribution in [-0.2, 0) is 11.3 Å². The smallest absolute Gasteiger partial charge is 0.258 e. The third kappa shape index (κ3) is 3.82. The number of pyridine rings is 1. The number of aryl methyl sites for hydroxylation is 1. The van der Waals surface area contributed by atoms with Crippen LogP contribution in [0.1, 0.15) is 22.7 Å². The number of ether oxygens (including phenoxy) is 2. The molecule has 1 fully saturated rings. The van der Waals surface area contributed by atoms with Crippen molar-refractivity contribution in [3.05, 3.63) is 74.0 Å². The van der Waals surface area contributed by atoms with E-state index in [1.165, 1.54) is 4.90 Å². The van der Waals surface area contributed by atoms with Gasteiger partial charge in [0, 0.05) is 16.8 Å². The molecule has 1 aromatic carbocycles. The molecule has 0 unspecified atom stereocenters. The van der Waals surface area contributed by atoms with Gasteiger partial charge in [0.25, 0.3) is 5.56 Å². The van der Waals surface area contributed by atoms with E-state index >= 15 is 0 Å². The Balaban J connectivity index is 1.77. The highest BCUT2D eigenvalue weighted by molar-refractivity contribution is 6.30. The molecule has 3 N–H and O–H groups in total. The van der Waals surface area contributed by atoms with Crippen LogP contribution >= 0.6 is 11.6 Å². The van der Waals surface area contributed by atoms with Crippen LogP contribution in [0, 0.1) is 18.3 Å². The molecule has 2 aliphatic rings. The number of nitrogens with zero attached hydrogens (tertiary/aromatic N) is 2. The highest BCUT2D eigenvalue weighted by atomic mass is 35.5. The predicted octanol–water partition coefficient (Wildman–Crippen LogP) is 0.943. The fraction of sp³-hybridized carbons (Fsp3) is 0.364. The van der Waals surface area contributed by atoms with E-state index in [9.17, 15) is 10.1 Å². The van der Waals surface area contributed by atoms with Crippen molar-refractivity contribution in [3.8, 4) is 11.8 Å². The minimum atomic E-state index is -0.592. The quantitative estimate of drug-likeness (QED) is 0.757. The molecule has 0 radical (unpaired) electrons. The molecule has 2 aliphatic heterocycles. The lowest BCUT2D eigenvalue weighted by molar-refractivity contribution is -0.908. The Morgan fingerprint density at radius 3 is 2.67 bits per heavy atom. The molecule has 0 amide bonds. The van der Waals surface area contributed by atoms with Crippen molar-refractivity contribution in [1.82, 2.24) is 4.57 Å². The zero-order valence-corrected chi connectivity index (χ0v) is 17.5. The first-order chi connectivity index (χ1) is 14.5. The molecule has 1 atom stereocenters. The van der Waals surface area contributed by atoms with E-state index in [0.717, 1.165) is 44.1 Å². The van der Waals surface area contributed by atoms with E-state index in [1.54, 1.807) is 16.7 Å². The summed E-state index contributed by atoms with van der Waals surface area (Å²) in [7, 11) is 0. The average Bonchev–Trinajstić information content (AvgIpc) is 2.74. The minimum absolute atomic E-state index is 0.0271. The number of halogens is 1. The number of benzene rings is 1. The van der Waals surface area contributed by atoms with Gasteiger partial charge >= 0.3 is 0 Å². The summed E-state index contributed by atoms with van der Waals surface area (Å²) >= 11 is 6.04. The van der Waals surface area contributed by atoms with Gasteiger partial charge in [-0.1, -0.05) is 23.7 Å². The number of fused-ring (bicyclic) bond motifs is 1. The molecule has 4 rings (SSSR count). The van der Waals surface area contributed by atoms with Crippen LogP contribution in [0.15, 0.2) is 46.6 Å². The SMILES string of the molecule is Cc1cc2c(c(=O)n1CC[NH+]1CCOCC1)[C@@H](c1ccc(Cl)cc1)C(C#N)=C(N)O2. The maximum Gasteiger partial charge on any atom is 0.258 e. The molecule has 0 saturated carbocycles. The Kier molecular flexibility index (Phi) is 5.82. The van der Waals surface area contributed by atoms with Crippen molar-refractivity contribution in [2.24, 2.45) is 5.73 Å². The van der Waals surface area contributed by atoms with Gasteiger partial charge in [-0.2, -0.15) is 5.26 Å². The lowest BCUT2D eigenvalue weighted by atomic mass is 9.84. The summed E-state index contributed by atoms with van der Waals surface area (Å²) in [4.78, 5) is 15.0. The third-order valence-electron chi connectivity index (χ3n) is 5.78. The lowest BCUT2D eigenvalue weighted by Gasteiger charge is -2.28. The number of quaternary nitrogens is 1. The van der Waals surface area contributed by atoms with Crippen molar-refractivity contribution in [3.63, 3.8) is 0 Å². The Hall–Kier alpha value is -2.79. The van der Waals surface area contributed by atoms with Crippen LogP contribution in [0.25, 0.3) is 0 Å². The van der Waals surface area contributed by atoms with Gasteiger partial charge in [-0.15, -0.1) is 0 Å². The zero-order valence-electron chi connectivity index (χ0n) is 16.8. The van der Waals surface area contributed by atoms with Crippen LogP contribution < -0.4 is 20.9 Å². The zero-order chi connectivity index (χ0) is 21.3. The number of nitrogens with one attached hydrogen (secondary N) is 1. The Bertz CT molecular complexity index is 1080. The predicted molar refractivity (Wildman–Crippen MR) is 113 cm³/mol. The fourth-order valence-electron chi connectivity index (χ4n) is 4.13. The molecule has 8 heteroatoms. The van der Waals surface area contributed by atoms with Crippen LogP contribution in [-0.4, -0.2) is 37.4 Å². The number of allylic oxidation sites excluding steroid dienone is 1. The third-order valence-corrected chi connectivity index (χ3v) is 6.03. The monoisotopic (exact) mass is 427 g/mol. The van der Waals surface area contributed by atoms with E-state index in [-0.39, 0.29) is 17.0 Å². The molecule has 0 spiro atoms. The first-order valence-corrected chi connectivity index (χ1v) is 10.4. The molecule has 1 saturated heterocycles. The Morgan fingerprint density at radius 1 is 1.30 bits per heavy atom. The summed E-state index contributed by atoms with van der Waals surface area (Å²) in [6.45, 7) is 6.67. The van der Waals surface area contributed by atoms with Crippen molar-refractivity contribution in [2.75, 3.05) is 32.8 Å². The molecule has 0 aliphatic carbocycles. The highest BCUT2D eigenvalue weighted by Crippen LogP contribution is 2.40. The van der Waals surface area contributed by atoms with Gasteiger partial charge in [-0.3, -0.25) is 4.79 Å². The molecule has 2 aromatic rings. The van der Waals surface area contributed by atoms with Crippen molar-refractivity contribution >= 4 is 11.6 Å². The minimum Gasteiger partial charge on any atom is -0.440 e. The molecule has 1 aromatic heterocycles. The second kappa shape index (κ2) is 8.52. The molecule has 0 bridgehead atoms. The molecule has 3 heterocycles. The van der Waals surface area contributed by atoms with E-state index < -0.39 is 5.92 Å². The summed E-state index contributed by atoms with van der Waals surface area (Å²) in [6.07, 6.45) is 0. The summed E-state index contributed by atoms with van der Waals surface area (Å²) in [5.41, 5.74) is 8.13. The number of nitriles is 1. The maximum absolute atomic E-state index is 13.6. The first kappa shape index (κ1) is 20.5. The summed E-state index contributed by atoms with van der Waals surface area (Å²) < 4.78 is 12.9. The number of hydrogen-bond donors (Lipinski definition) is 2. The highest BCUT2D eigenvalue weighted by Gasteiger charge is 2.34.